The summed E-state index contributed by atoms with van der Waals surface area (Å²) >= 11 is 0. The first-order valence-electron chi connectivity index (χ1n) is 5.64. The third kappa shape index (κ3) is 1.81. The van der Waals surface area contributed by atoms with E-state index in [0.29, 0.717) is 13.2 Å². The molecule has 0 radical (unpaired) electrons. The van der Waals surface area contributed by atoms with E-state index in [1.165, 1.54) is 0 Å². The third-order valence-corrected chi connectivity index (χ3v) is 3.73. The molecule has 0 aliphatic carbocycles. The van der Waals surface area contributed by atoms with Crippen molar-refractivity contribution in [2.24, 2.45) is 11.1 Å². The molecule has 0 bridgehead atoms. The van der Waals surface area contributed by atoms with Crippen molar-refractivity contribution in [3.63, 3.8) is 0 Å². The summed E-state index contributed by atoms with van der Waals surface area (Å²) in [4.78, 5) is 0. The van der Waals surface area contributed by atoms with Crippen LogP contribution in [0.2, 0.25) is 0 Å². The van der Waals surface area contributed by atoms with Crippen LogP contribution in [0.5, 0.6) is 0 Å². The van der Waals surface area contributed by atoms with Gasteiger partial charge in [0.05, 0.1) is 12.2 Å². The first-order valence-corrected chi connectivity index (χ1v) is 5.64. The Kier molecular flexibility index (Phi) is 3.93. The van der Waals surface area contributed by atoms with Crippen LogP contribution < -0.4 is 5.73 Å². The SMILES string of the molecule is CCCC(O)(CC)C1(CN)CCOC1. The summed E-state index contributed by atoms with van der Waals surface area (Å²) in [5.74, 6) is 0. The number of nitrogens with two attached hydrogens (primary N) is 1. The van der Waals surface area contributed by atoms with Crippen molar-refractivity contribution in [3.05, 3.63) is 0 Å². The zero-order valence-corrected chi connectivity index (χ0v) is 9.38. The van der Waals surface area contributed by atoms with Gasteiger partial charge < -0.3 is 15.6 Å². The molecule has 0 amide bonds. The standard InChI is InChI=1S/C11H23NO2/c1-3-5-11(13,4-2)10(8-12)6-7-14-9-10/h13H,3-9,12H2,1-2H3. The van der Waals surface area contributed by atoms with Crippen molar-refractivity contribution in [2.45, 2.75) is 45.1 Å². The molecule has 3 N–H and O–H groups in total. The number of hydrogen-bond acceptors (Lipinski definition) is 3. The van der Waals surface area contributed by atoms with E-state index in [1.807, 2.05) is 6.92 Å². The molecule has 0 aromatic heterocycles. The van der Waals surface area contributed by atoms with Crippen LogP contribution in [0.3, 0.4) is 0 Å². The Morgan fingerprint density at radius 2 is 2.21 bits per heavy atom. The fraction of sp³-hybridized carbons (Fsp3) is 1.00. The Balaban J connectivity index is 2.82. The molecule has 14 heavy (non-hydrogen) atoms. The second-order valence-corrected chi connectivity index (χ2v) is 4.42. The minimum atomic E-state index is -0.632. The van der Waals surface area contributed by atoms with Gasteiger partial charge in [-0.15, -0.1) is 0 Å². The van der Waals surface area contributed by atoms with E-state index < -0.39 is 5.60 Å². The summed E-state index contributed by atoms with van der Waals surface area (Å²) in [5, 5.41) is 10.6. The molecule has 1 fully saturated rings. The quantitative estimate of drug-likeness (QED) is 0.705. The molecule has 0 saturated carbocycles. The van der Waals surface area contributed by atoms with Gasteiger partial charge in [0.1, 0.15) is 0 Å². The zero-order valence-electron chi connectivity index (χ0n) is 9.38. The highest BCUT2D eigenvalue weighted by atomic mass is 16.5. The Morgan fingerprint density at radius 1 is 1.50 bits per heavy atom. The molecule has 1 rings (SSSR count). The normalized spacial score (nSPS) is 31.7. The Hall–Kier alpha value is -0.120. The number of ether oxygens (including phenoxy) is 1. The van der Waals surface area contributed by atoms with E-state index in [1.54, 1.807) is 0 Å². The lowest BCUT2D eigenvalue weighted by molar-refractivity contribution is -0.0920. The van der Waals surface area contributed by atoms with Gasteiger partial charge in [-0.2, -0.15) is 0 Å². The van der Waals surface area contributed by atoms with Crippen LogP contribution in [0.4, 0.5) is 0 Å². The lowest BCUT2D eigenvalue weighted by Crippen LogP contribution is -2.52. The van der Waals surface area contributed by atoms with E-state index in [-0.39, 0.29) is 5.41 Å². The molecular formula is C11H23NO2. The van der Waals surface area contributed by atoms with E-state index in [0.717, 1.165) is 32.3 Å². The van der Waals surface area contributed by atoms with Crippen LogP contribution in [-0.4, -0.2) is 30.5 Å². The van der Waals surface area contributed by atoms with Gasteiger partial charge in [0.25, 0.3) is 0 Å². The van der Waals surface area contributed by atoms with Gasteiger partial charge in [-0.3, -0.25) is 0 Å². The smallest absolute Gasteiger partial charge is 0.0736 e. The molecule has 1 aliphatic rings. The summed E-state index contributed by atoms with van der Waals surface area (Å²) in [6.45, 7) is 6.01. The Bertz CT molecular complexity index is 178. The topological polar surface area (TPSA) is 55.5 Å². The van der Waals surface area contributed by atoms with Crippen molar-refractivity contribution in [3.8, 4) is 0 Å². The van der Waals surface area contributed by atoms with E-state index in [4.69, 9.17) is 10.5 Å². The minimum absolute atomic E-state index is 0.197. The maximum Gasteiger partial charge on any atom is 0.0736 e. The molecule has 0 aromatic carbocycles. The molecule has 0 aromatic rings. The van der Waals surface area contributed by atoms with Crippen LogP contribution in [0.1, 0.15) is 39.5 Å². The summed E-state index contributed by atoms with van der Waals surface area (Å²) in [6, 6.07) is 0. The average molecular weight is 201 g/mol. The van der Waals surface area contributed by atoms with Gasteiger partial charge in [0.15, 0.2) is 0 Å². The Morgan fingerprint density at radius 3 is 2.57 bits per heavy atom. The minimum Gasteiger partial charge on any atom is -0.389 e. The average Bonchev–Trinajstić information content (AvgIpc) is 2.68. The highest BCUT2D eigenvalue weighted by Gasteiger charge is 2.49. The van der Waals surface area contributed by atoms with Crippen molar-refractivity contribution in [2.75, 3.05) is 19.8 Å². The molecule has 1 saturated heterocycles. The largest absolute Gasteiger partial charge is 0.389 e. The lowest BCUT2D eigenvalue weighted by atomic mass is 9.67. The predicted molar refractivity (Wildman–Crippen MR) is 57.1 cm³/mol. The summed E-state index contributed by atoms with van der Waals surface area (Å²) in [6.07, 6.45) is 3.48. The summed E-state index contributed by atoms with van der Waals surface area (Å²) in [5.41, 5.74) is 4.99. The fourth-order valence-electron chi connectivity index (χ4n) is 2.56. The molecule has 2 atom stereocenters. The summed E-state index contributed by atoms with van der Waals surface area (Å²) < 4.78 is 5.41. The molecule has 3 heteroatoms. The van der Waals surface area contributed by atoms with Crippen molar-refractivity contribution < 1.29 is 9.84 Å². The van der Waals surface area contributed by atoms with Crippen LogP contribution in [0.25, 0.3) is 0 Å². The van der Waals surface area contributed by atoms with Crippen LogP contribution in [-0.2, 0) is 4.74 Å². The molecule has 3 nitrogen and oxygen atoms in total. The van der Waals surface area contributed by atoms with Crippen LogP contribution in [0, 0.1) is 5.41 Å². The Labute approximate surface area is 86.6 Å². The monoisotopic (exact) mass is 201 g/mol. The molecule has 0 spiro atoms. The number of rotatable bonds is 5. The van der Waals surface area contributed by atoms with E-state index >= 15 is 0 Å². The van der Waals surface area contributed by atoms with Gasteiger partial charge in [-0.25, -0.2) is 0 Å². The van der Waals surface area contributed by atoms with E-state index in [9.17, 15) is 5.11 Å². The maximum absolute atomic E-state index is 10.6. The molecular weight excluding hydrogens is 178 g/mol. The maximum atomic E-state index is 10.6. The van der Waals surface area contributed by atoms with Crippen molar-refractivity contribution >= 4 is 0 Å². The molecule has 1 heterocycles. The van der Waals surface area contributed by atoms with Crippen LogP contribution >= 0.6 is 0 Å². The first-order chi connectivity index (χ1) is 6.64. The third-order valence-electron chi connectivity index (χ3n) is 3.73. The first kappa shape index (κ1) is 12.0. The number of aliphatic hydroxyl groups is 1. The molecule has 84 valence electrons. The van der Waals surface area contributed by atoms with Crippen LogP contribution in [0.15, 0.2) is 0 Å². The van der Waals surface area contributed by atoms with Gasteiger partial charge >= 0.3 is 0 Å². The van der Waals surface area contributed by atoms with Crippen molar-refractivity contribution in [1.82, 2.24) is 0 Å². The second kappa shape index (κ2) is 4.60. The van der Waals surface area contributed by atoms with Crippen molar-refractivity contribution in [1.29, 1.82) is 0 Å². The summed E-state index contributed by atoms with van der Waals surface area (Å²) in [7, 11) is 0. The second-order valence-electron chi connectivity index (χ2n) is 4.42. The fourth-order valence-corrected chi connectivity index (χ4v) is 2.56. The highest BCUT2D eigenvalue weighted by Crippen LogP contribution is 2.43. The van der Waals surface area contributed by atoms with Gasteiger partial charge in [-0.05, 0) is 19.3 Å². The number of hydrogen-bond donors (Lipinski definition) is 2. The zero-order chi connectivity index (χ0) is 10.7. The molecule has 1 aliphatic heterocycles. The van der Waals surface area contributed by atoms with Gasteiger partial charge in [0, 0.05) is 18.6 Å². The van der Waals surface area contributed by atoms with Gasteiger partial charge in [-0.1, -0.05) is 20.3 Å². The highest BCUT2D eigenvalue weighted by molar-refractivity contribution is 5.00. The van der Waals surface area contributed by atoms with E-state index in [2.05, 4.69) is 6.92 Å². The lowest BCUT2D eigenvalue weighted by Gasteiger charge is -2.43. The predicted octanol–water partition coefficient (Wildman–Crippen LogP) is 1.29. The molecule has 2 unspecified atom stereocenters. The van der Waals surface area contributed by atoms with Gasteiger partial charge in [0.2, 0.25) is 0 Å².